The number of nitrogens with one attached hydrogen (secondary N) is 1. The van der Waals surface area contributed by atoms with Gasteiger partial charge in [0.05, 0.1) is 0 Å². The van der Waals surface area contributed by atoms with Gasteiger partial charge in [-0.25, -0.2) is 4.98 Å². The molecule has 1 amide bonds. The van der Waals surface area contributed by atoms with Crippen LogP contribution in [0, 0.1) is 0 Å². The molecular formula is C10H15N3OS. The van der Waals surface area contributed by atoms with Gasteiger partial charge in [-0.3, -0.25) is 4.79 Å². The maximum absolute atomic E-state index is 11.9. The van der Waals surface area contributed by atoms with E-state index in [1.54, 1.807) is 6.20 Å². The van der Waals surface area contributed by atoms with Crippen LogP contribution < -0.4 is 5.32 Å². The van der Waals surface area contributed by atoms with Crippen molar-refractivity contribution in [3.8, 4) is 0 Å². The molecule has 0 aliphatic carbocycles. The Bertz CT molecular complexity index is 319. The van der Waals surface area contributed by atoms with Crippen molar-refractivity contribution < 1.29 is 4.79 Å². The first kappa shape index (κ1) is 10.4. The third-order valence-electron chi connectivity index (χ3n) is 2.56. The van der Waals surface area contributed by atoms with E-state index in [4.69, 9.17) is 0 Å². The van der Waals surface area contributed by atoms with Gasteiger partial charge >= 0.3 is 0 Å². The molecule has 15 heavy (non-hydrogen) atoms. The van der Waals surface area contributed by atoms with E-state index in [2.05, 4.69) is 10.3 Å². The fourth-order valence-corrected chi connectivity index (χ4v) is 2.37. The minimum Gasteiger partial charge on any atom is -0.350 e. The molecule has 1 saturated heterocycles. The number of carbonyl (C=O) groups excluding carboxylic acids is 1. The molecule has 0 radical (unpaired) electrons. The first-order chi connectivity index (χ1) is 7.27. The van der Waals surface area contributed by atoms with Crippen molar-refractivity contribution in [3.63, 3.8) is 0 Å². The molecule has 4 nitrogen and oxygen atoms in total. The van der Waals surface area contributed by atoms with Gasteiger partial charge in [-0.2, -0.15) is 0 Å². The Morgan fingerprint density at radius 1 is 1.60 bits per heavy atom. The molecular weight excluding hydrogens is 210 g/mol. The van der Waals surface area contributed by atoms with Crippen molar-refractivity contribution >= 4 is 22.4 Å². The van der Waals surface area contributed by atoms with Crippen LogP contribution in [0.15, 0.2) is 11.6 Å². The SMILES string of the molecule is CC(Nc1nccs1)C(=O)N1CCCC1. The van der Waals surface area contributed by atoms with Crippen LogP contribution in [0.5, 0.6) is 0 Å². The van der Waals surface area contributed by atoms with Gasteiger partial charge in [0.2, 0.25) is 5.91 Å². The van der Waals surface area contributed by atoms with Gasteiger partial charge in [0.25, 0.3) is 0 Å². The monoisotopic (exact) mass is 225 g/mol. The van der Waals surface area contributed by atoms with E-state index in [1.165, 1.54) is 11.3 Å². The average molecular weight is 225 g/mol. The molecule has 1 aromatic rings. The number of aromatic nitrogens is 1. The zero-order chi connectivity index (χ0) is 10.7. The minimum absolute atomic E-state index is 0.172. The first-order valence-electron chi connectivity index (χ1n) is 5.22. The highest BCUT2D eigenvalue weighted by Gasteiger charge is 2.23. The molecule has 0 spiro atoms. The van der Waals surface area contributed by atoms with Crippen molar-refractivity contribution in [2.24, 2.45) is 0 Å². The van der Waals surface area contributed by atoms with Crippen LogP contribution in [0.1, 0.15) is 19.8 Å². The average Bonchev–Trinajstić information content (AvgIpc) is 2.88. The van der Waals surface area contributed by atoms with Gasteiger partial charge in [0.15, 0.2) is 5.13 Å². The van der Waals surface area contributed by atoms with Gasteiger partial charge in [-0.05, 0) is 19.8 Å². The lowest BCUT2D eigenvalue weighted by atomic mass is 10.3. The molecule has 0 aromatic carbocycles. The summed E-state index contributed by atoms with van der Waals surface area (Å²) in [5, 5.41) is 5.83. The number of nitrogens with zero attached hydrogens (tertiary/aromatic N) is 2. The lowest BCUT2D eigenvalue weighted by Crippen LogP contribution is -2.39. The summed E-state index contributed by atoms with van der Waals surface area (Å²) in [6.45, 7) is 3.70. The second-order valence-electron chi connectivity index (χ2n) is 3.74. The van der Waals surface area contributed by atoms with Crippen LogP contribution in [-0.4, -0.2) is 34.9 Å². The van der Waals surface area contributed by atoms with Crippen molar-refractivity contribution in [1.29, 1.82) is 0 Å². The van der Waals surface area contributed by atoms with E-state index in [9.17, 15) is 4.79 Å². The summed E-state index contributed by atoms with van der Waals surface area (Å²) in [5.74, 6) is 0.183. The number of likely N-dealkylation sites (tertiary alicyclic amines) is 1. The molecule has 1 aliphatic heterocycles. The Hall–Kier alpha value is -1.10. The van der Waals surface area contributed by atoms with Gasteiger partial charge in [-0.1, -0.05) is 0 Å². The number of rotatable bonds is 3. The molecule has 1 aliphatic rings. The van der Waals surface area contributed by atoms with Crippen LogP contribution in [0.3, 0.4) is 0 Å². The highest BCUT2D eigenvalue weighted by molar-refractivity contribution is 7.13. The number of thiazole rings is 1. The zero-order valence-electron chi connectivity index (χ0n) is 8.77. The second kappa shape index (κ2) is 4.61. The third-order valence-corrected chi connectivity index (χ3v) is 3.26. The summed E-state index contributed by atoms with van der Waals surface area (Å²) >= 11 is 1.52. The lowest BCUT2D eigenvalue weighted by molar-refractivity contribution is -0.130. The number of hydrogen-bond donors (Lipinski definition) is 1. The summed E-state index contributed by atoms with van der Waals surface area (Å²) in [4.78, 5) is 17.9. The van der Waals surface area contributed by atoms with Crippen LogP contribution in [0.2, 0.25) is 0 Å². The lowest BCUT2D eigenvalue weighted by Gasteiger charge is -2.20. The van der Waals surface area contributed by atoms with Crippen molar-refractivity contribution in [3.05, 3.63) is 11.6 Å². The van der Waals surface area contributed by atoms with Crippen molar-refractivity contribution in [2.75, 3.05) is 18.4 Å². The molecule has 5 heteroatoms. The fourth-order valence-electron chi connectivity index (χ4n) is 1.75. The highest BCUT2D eigenvalue weighted by atomic mass is 32.1. The number of carbonyl (C=O) groups is 1. The van der Waals surface area contributed by atoms with E-state index in [1.807, 2.05) is 17.2 Å². The molecule has 2 heterocycles. The summed E-state index contributed by atoms with van der Waals surface area (Å²) in [5.41, 5.74) is 0. The van der Waals surface area contributed by atoms with Crippen LogP contribution in [0.4, 0.5) is 5.13 Å². The Morgan fingerprint density at radius 3 is 2.93 bits per heavy atom. The maximum atomic E-state index is 11.9. The Morgan fingerprint density at radius 2 is 2.33 bits per heavy atom. The first-order valence-corrected chi connectivity index (χ1v) is 6.10. The summed E-state index contributed by atoms with van der Waals surface area (Å²) in [6, 6.07) is -0.172. The summed E-state index contributed by atoms with van der Waals surface area (Å²) in [7, 11) is 0. The third kappa shape index (κ3) is 2.47. The van der Waals surface area contributed by atoms with E-state index >= 15 is 0 Å². The molecule has 1 N–H and O–H groups in total. The Kier molecular flexibility index (Phi) is 3.20. The fraction of sp³-hybridized carbons (Fsp3) is 0.600. The molecule has 1 atom stereocenters. The summed E-state index contributed by atoms with van der Waals surface area (Å²) < 4.78 is 0. The topological polar surface area (TPSA) is 45.2 Å². The molecule has 0 bridgehead atoms. The highest BCUT2D eigenvalue weighted by Crippen LogP contribution is 2.14. The smallest absolute Gasteiger partial charge is 0.244 e. The van der Waals surface area contributed by atoms with Gasteiger partial charge in [-0.15, -0.1) is 11.3 Å². The zero-order valence-corrected chi connectivity index (χ0v) is 9.59. The van der Waals surface area contributed by atoms with Crippen LogP contribution in [0.25, 0.3) is 0 Å². The second-order valence-corrected chi connectivity index (χ2v) is 4.63. The van der Waals surface area contributed by atoms with E-state index < -0.39 is 0 Å². The van der Waals surface area contributed by atoms with Crippen molar-refractivity contribution in [2.45, 2.75) is 25.8 Å². The van der Waals surface area contributed by atoms with Crippen LogP contribution >= 0.6 is 11.3 Å². The Balaban J connectivity index is 1.89. The van der Waals surface area contributed by atoms with E-state index in [0.717, 1.165) is 31.1 Å². The van der Waals surface area contributed by atoms with E-state index in [0.29, 0.717) is 0 Å². The van der Waals surface area contributed by atoms with Gasteiger partial charge in [0.1, 0.15) is 6.04 Å². The largest absolute Gasteiger partial charge is 0.350 e. The predicted molar refractivity (Wildman–Crippen MR) is 61.0 cm³/mol. The molecule has 1 fully saturated rings. The molecule has 1 unspecified atom stereocenters. The molecule has 82 valence electrons. The van der Waals surface area contributed by atoms with Gasteiger partial charge in [0, 0.05) is 24.7 Å². The molecule has 1 aromatic heterocycles. The number of anilines is 1. The van der Waals surface area contributed by atoms with Gasteiger partial charge < -0.3 is 10.2 Å². The quantitative estimate of drug-likeness (QED) is 0.849. The molecule has 0 saturated carbocycles. The van der Waals surface area contributed by atoms with Crippen LogP contribution in [-0.2, 0) is 4.79 Å². The maximum Gasteiger partial charge on any atom is 0.244 e. The number of amides is 1. The van der Waals surface area contributed by atoms with E-state index in [-0.39, 0.29) is 11.9 Å². The standard InChI is InChI=1S/C10H15N3OS/c1-8(12-10-11-4-7-15-10)9(14)13-5-2-3-6-13/h4,7-8H,2-3,5-6H2,1H3,(H,11,12). The summed E-state index contributed by atoms with van der Waals surface area (Å²) in [6.07, 6.45) is 4.01. The normalized spacial score (nSPS) is 17.8. The Labute approximate surface area is 93.3 Å². The van der Waals surface area contributed by atoms with Crippen molar-refractivity contribution in [1.82, 2.24) is 9.88 Å². The predicted octanol–water partition coefficient (Wildman–Crippen LogP) is 1.57. The number of hydrogen-bond acceptors (Lipinski definition) is 4. The molecule has 2 rings (SSSR count). The minimum atomic E-state index is -0.172.